The van der Waals surface area contributed by atoms with Crippen molar-refractivity contribution in [1.29, 1.82) is 0 Å². The van der Waals surface area contributed by atoms with Crippen molar-refractivity contribution in [3.8, 4) is 0 Å². The van der Waals surface area contributed by atoms with E-state index in [1.807, 2.05) is 0 Å². The minimum Gasteiger partial charge on any atom is -0.355 e. The molecule has 1 aromatic carbocycles. The molecule has 25 heavy (non-hydrogen) atoms. The predicted molar refractivity (Wildman–Crippen MR) is 87.1 cm³/mol. The molecule has 1 aliphatic rings. The number of carbonyl (C=O) groups excluding carboxylic acids is 1. The summed E-state index contributed by atoms with van der Waals surface area (Å²) in [6, 6.07) is 1.24. The van der Waals surface area contributed by atoms with E-state index in [0.29, 0.717) is 25.0 Å². The van der Waals surface area contributed by atoms with Crippen LogP contribution in [0.3, 0.4) is 0 Å². The van der Waals surface area contributed by atoms with E-state index in [0.717, 1.165) is 4.31 Å². The number of piperidine rings is 1. The Kier molecular flexibility index (Phi) is 7.66. The molecule has 0 saturated carbocycles. The first kappa shape index (κ1) is 21.7. The molecule has 11 heteroatoms. The Morgan fingerprint density at radius 3 is 2.60 bits per heavy atom. The van der Waals surface area contributed by atoms with Crippen molar-refractivity contribution < 1.29 is 26.4 Å². The van der Waals surface area contributed by atoms with Gasteiger partial charge in [0.15, 0.2) is 17.5 Å². The average Bonchev–Trinajstić information content (AvgIpc) is 2.57. The third kappa shape index (κ3) is 4.63. The number of nitrogens with zero attached hydrogens (tertiary/aromatic N) is 1. The Bertz CT molecular complexity index is 734. The zero-order valence-electron chi connectivity index (χ0n) is 13.2. The van der Waals surface area contributed by atoms with Crippen LogP contribution in [0.4, 0.5) is 13.2 Å². The van der Waals surface area contributed by atoms with Gasteiger partial charge >= 0.3 is 0 Å². The van der Waals surface area contributed by atoms with Gasteiger partial charge < -0.3 is 11.1 Å². The minimum atomic E-state index is -4.37. The molecular weight excluding hydrogens is 383 g/mol. The molecule has 1 atom stereocenters. The number of benzene rings is 1. The Labute approximate surface area is 150 Å². The standard InChI is InChI=1S/C14H18F3N3O3S.ClH/c15-10-3-4-11(13(17)12(10)16)24(22,23)20-7-1-2-9(8-20)14(21)19-6-5-18;/h3-4,9H,1-2,5-8,18H2,(H,19,21);1H. The summed E-state index contributed by atoms with van der Waals surface area (Å²) < 4.78 is 66.0. The number of hydrogen-bond donors (Lipinski definition) is 2. The van der Waals surface area contributed by atoms with Gasteiger partial charge in [0.1, 0.15) is 4.90 Å². The number of amides is 1. The second kappa shape index (κ2) is 8.84. The molecule has 0 spiro atoms. The van der Waals surface area contributed by atoms with Crippen molar-refractivity contribution in [2.75, 3.05) is 26.2 Å². The molecule has 0 radical (unpaired) electrons. The van der Waals surface area contributed by atoms with Crippen molar-refractivity contribution in [2.24, 2.45) is 11.7 Å². The molecule has 1 aromatic rings. The third-order valence-corrected chi connectivity index (χ3v) is 5.70. The number of rotatable bonds is 5. The average molecular weight is 402 g/mol. The van der Waals surface area contributed by atoms with Crippen LogP contribution in [0.1, 0.15) is 12.8 Å². The van der Waals surface area contributed by atoms with Gasteiger partial charge in [-0.25, -0.2) is 21.6 Å². The fourth-order valence-electron chi connectivity index (χ4n) is 2.56. The number of carbonyl (C=O) groups is 1. The molecule has 0 aromatic heterocycles. The highest BCUT2D eigenvalue weighted by Crippen LogP contribution is 2.27. The van der Waals surface area contributed by atoms with Crippen LogP contribution in [0.15, 0.2) is 17.0 Å². The second-order valence-electron chi connectivity index (χ2n) is 5.46. The maximum absolute atomic E-state index is 13.8. The molecule has 1 aliphatic heterocycles. The zero-order chi connectivity index (χ0) is 17.9. The molecule has 142 valence electrons. The van der Waals surface area contributed by atoms with Crippen LogP contribution < -0.4 is 11.1 Å². The highest BCUT2D eigenvalue weighted by Gasteiger charge is 2.35. The quantitative estimate of drug-likeness (QED) is 0.720. The Balaban J connectivity index is 0.00000312. The molecule has 1 heterocycles. The van der Waals surface area contributed by atoms with Crippen molar-refractivity contribution in [1.82, 2.24) is 9.62 Å². The number of nitrogens with two attached hydrogens (primary N) is 1. The second-order valence-corrected chi connectivity index (χ2v) is 7.36. The van der Waals surface area contributed by atoms with Crippen molar-refractivity contribution in [3.63, 3.8) is 0 Å². The Morgan fingerprint density at radius 1 is 1.28 bits per heavy atom. The number of sulfonamides is 1. The highest BCUT2D eigenvalue weighted by atomic mass is 35.5. The minimum absolute atomic E-state index is 0. The summed E-state index contributed by atoms with van der Waals surface area (Å²) in [7, 11) is -4.37. The number of nitrogens with one attached hydrogen (secondary N) is 1. The van der Waals surface area contributed by atoms with E-state index in [9.17, 15) is 26.4 Å². The first-order valence-corrected chi connectivity index (χ1v) is 8.84. The molecule has 0 aliphatic carbocycles. The number of hydrogen-bond acceptors (Lipinski definition) is 4. The van der Waals surface area contributed by atoms with Gasteiger partial charge in [0.05, 0.1) is 5.92 Å². The SMILES string of the molecule is Cl.NCCNC(=O)C1CCCN(S(=O)(=O)c2ccc(F)c(F)c2F)C1. The van der Waals surface area contributed by atoms with Gasteiger partial charge in [-0.2, -0.15) is 4.31 Å². The zero-order valence-corrected chi connectivity index (χ0v) is 14.8. The molecule has 1 saturated heterocycles. The fourth-order valence-corrected chi connectivity index (χ4v) is 4.14. The Morgan fingerprint density at radius 2 is 1.96 bits per heavy atom. The van der Waals surface area contributed by atoms with Gasteiger partial charge in [-0.3, -0.25) is 4.79 Å². The summed E-state index contributed by atoms with van der Waals surface area (Å²) in [6.45, 7) is 0.430. The van der Waals surface area contributed by atoms with Gasteiger partial charge in [-0.15, -0.1) is 12.4 Å². The molecule has 3 N–H and O–H groups in total. The molecule has 0 bridgehead atoms. The van der Waals surface area contributed by atoms with E-state index < -0.39 is 38.3 Å². The third-order valence-electron chi connectivity index (χ3n) is 3.82. The maximum Gasteiger partial charge on any atom is 0.246 e. The van der Waals surface area contributed by atoms with Gasteiger partial charge in [0.25, 0.3) is 0 Å². The molecule has 1 unspecified atom stereocenters. The first-order valence-electron chi connectivity index (χ1n) is 7.40. The summed E-state index contributed by atoms with van der Waals surface area (Å²) in [4.78, 5) is 11.0. The van der Waals surface area contributed by atoms with Gasteiger partial charge in [0, 0.05) is 26.2 Å². The molecule has 2 rings (SSSR count). The maximum atomic E-state index is 13.8. The lowest BCUT2D eigenvalue weighted by Gasteiger charge is -2.31. The summed E-state index contributed by atoms with van der Waals surface area (Å²) in [6.07, 6.45) is 0.869. The van der Waals surface area contributed by atoms with Crippen LogP contribution in [0.2, 0.25) is 0 Å². The van der Waals surface area contributed by atoms with Crippen LogP contribution in [0.5, 0.6) is 0 Å². The van der Waals surface area contributed by atoms with Crippen LogP contribution in [0, 0.1) is 23.4 Å². The van der Waals surface area contributed by atoms with E-state index in [1.165, 1.54) is 0 Å². The molecule has 6 nitrogen and oxygen atoms in total. The number of halogens is 4. The lowest BCUT2D eigenvalue weighted by Crippen LogP contribution is -2.46. The molecule has 1 amide bonds. The predicted octanol–water partition coefficient (Wildman–Crippen LogP) is 1.00. The summed E-state index contributed by atoms with van der Waals surface area (Å²) in [5.41, 5.74) is 5.29. The van der Waals surface area contributed by atoms with Crippen molar-refractivity contribution in [2.45, 2.75) is 17.7 Å². The van der Waals surface area contributed by atoms with E-state index in [4.69, 9.17) is 5.73 Å². The summed E-state index contributed by atoms with van der Waals surface area (Å²) in [5.74, 6) is -6.02. The highest BCUT2D eigenvalue weighted by molar-refractivity contribution is 7.89. The van der Waals surface area contributed by atoms with E-state index >= 15 is 0 Å². The van der Waals surface area contributed by atoms with Crippen LogP contribution in [0.25, 0.3) is 0 Å². The van der Waals surface area contributed by atoms with Crippen LogP contribution >= 0.6 is 12.4 Å². The van der Waals surface area contributed by atoms with Gasteiger partial charge in [0.2, 0.25) is 15.9 Å². The van der Waals surface area contributed by atoms with Crippen LogP contribution in [-0.4, -0.2) is 44.8 Å². The normalized spacial score (nSPS) is 18.5. The van der Waals surface area contributed by atoms with Crippen molar-refractivity contribution >= 4 is 28.3 Å². The Hall–Kier alpha value is -1.36. The van der Waals surface area contributed by atoms with Gasteiger partial charge in [-0.1, -0.05) is 0 Å². The lowest BCUT2D eigenvalue weighted by atomic mass is 9.99. The fraction of sp³-hybridized carbons (Fsp3) is 0.500. The first-order chi connectivity index (χ1) is 11.3. The van der Waals surface area contributed by atoms with Crippen LogP contribution in [-0.2, 0) is 14.8 Å². The largest absolute Gasteiger partial charge is 0.355 e. The lowest BCUT2D eigenvalue weighted by molar-refractivity contribution is -0.126. The van der Waals surface area contributed by atoms with E-state index in [-0.39, 0.29) is 44.5 Å². The monoisotopic (exact) mass is 401 g/mol. The topological polar surface area (TPSA) is 92.5 Å². The smallest absolute Gasteiger partial charge is 0.246 e. The van der Waals surface area contributed by atoms with Crippen molar-refractivity contribution in [3.05, 3.63) is 29.6 Å². The summed E-state index contributed by atoms with van der Waals surface area (Å²) in [5, 5.41) is 2.57. The molecule has 1 fully saturated rings. The summed E-state index contributed by atoms with van der Waals surface area (Å²) >= 11 is 0. The van der Waals surface area contributed by atoms with E-state index in [1.54, 1.807) is 0 Å². The van der Waals surface area contributed by atoms with E-state index in [2.05, 4.69) is 5.32 Å². The van der Waals surface area contributed by atoms with Gasteiger partial charge in [-0.05, 0) is 25.0 Å². The molecular formula is C14H19ClF3N3O3S.